The number of aryl methyl sites for hydroxylation is 1. The van der Waals surface area contributed by atoms with Gasteiger partial charge in [-0.05, 0) is 17.9 Å². The van der Waals surface area contributed by atoms with Crippen LogP contribution in [-0.4, -0.2) is 21.2 Å². The van der Waals surface area contributed by atoms with Gasteiger partial charge in [-0.3, -0.25) is 4.68 Å². The van der Waals surface area contributed by atoms with Gasteiger partial charge < -0.3 is 5.73 Å². The zero-order valence-corrected chi connectivity index (χ0v) is 10.8. The van der Waals surface area contributed by atoms with Crippen molar-refractivity contribution in [3.05, 3.63) is 41.7 Å². The molecule has 1 aromatic heterocycles. The highest BCUT2D eigenvalue weighted by Gasteiger charge is 2.12. The minimum atomic E-state index is -0.0321. The summed E-state index contributed by atoms with van der Waals surface area (Å²) in [5.41, 5.74) is 8.32. The zero-order chi connectivity index (χ0) is 12.3. The van der Waals surface area contributed by atoms with Gasteiger partial charge in [-0.25, -0.2) is 0 Å². The maximum absolute atomic E-state index is 6.22. The molecule has 5 heteroatoms. The van der Waals surface area contributed by atoms with Crippen LogP contribution in [0.2, 0.25) is 0 Å². The quantitative estimate of drug-likeness (QED) is 0.838. The summed E-state index contributed by atoms with van der Waals surface area (Å²) < 4.78 is 1.70. The molecule has 0 aliphatic heterocycles. The summed E-state index contributed by atoms with van der Waals surface area (Å²) in [5, 5.41) is 7.97. The van der Waals surface area contributed by atoms with Crippen LogP contribution in [0, 0.1) is 0 Å². The first-order valence-electron chi connectivity index (χ1n) is 5.44. The number of nitrogens with two attached hydrogens (primary N) is 1. The Morgan fingerprint density at radius 1 is 1.41 bits per heavy atom. The van der Waals surface area contributed by atoms with Crippen molar-refractivity contribution >= 4 is 11.8 Å². The van der Waals surface area contributed by atoms with Gasteiger partial charge in [0.25, 0.3) is 0 Å². The van der Waals surface area contributed by atoms with Gasteiger partial charge in [-0.15, -0.1) is 16.9 Å². The summed E-state index contributed by atoms with van der Waals surface area (Å²) in [5.74, 6) is 0. The van der Waals surface area contributed by atoms with Crippen LogP contribution in [0.15, 0.2) is 35.4 Å². The largest absolute Gasteiger partial charge is 0.324 e. The number of hydrogen-bond donors (Lipinski definition) is 1. The minimum absolute atomic E-state index is 0.0321. The van der Waals surface area contributed by atoms with Gasteiger partial charge in [0, 0.05) is 30.6 Å². The maximum atomic E-state index is 6.22. The average molecular weight is 248 g/mol. The SMILES string of the molecule is CSc1ccccc1C(N)Cc1cn(C)nn1. The predicted octanol–water partition coefficient (Wildman–Crippen LogP) is 1.78. The van der Waals surface area contributed by atoms with Gasteiger partial charge in [0.2, 0.25) is 0 Å². The van der Waals surface area contributed by atoms with E-state index in [9.17, 15) is 0 Å². The van der Waals surface area contributed by atoms with E-state index in [0.29, 0.717) is 6.42 Å². The minimum Gasteiger partial charge on any atom is -0.324 e. The third-order valence-electron chi connectivity index (χ3n) is 2.62. The Kier molecular flexibility index (Phi) is 3.81. The molecule has 90 valence electrons. The highest BCUT2D eigenvalue weighted by atomic mass is 32.2. The molecule has 0 saturated carbocycles. The molecule has 2 aromatic rings. The Morgan fingerprint density at radius 3 is 2.82 bits per heavy atom. The van der Waals surface area contributed by atoms with Crippen molar-refractivity contribution in [3.8, 4) is 0 Å². The molecule has 0 saturated heterocycles. The van der Waals surface area contributed by atoms with Crippen molar-refractivity contribution in [3.63, 3.8) is 0 Å². The second kappa shape index (κ2) is 5.33. The molecule has 0 spiro atoms. The van der Waals surface area contributed by atoms with Gasteiger partial charge in [-0.1, -0.05) is 23.4 Å². The summed E-state index contributed by atoms with van der Waals surface area (Å²) in [4.78, 5) is 1.23. The molecule has 0 aliphatic carbocycles. The van der Waals surface area contributed by atoms with Crippen LogP contribution < -0.4 is 5.73 Å². The smallest absolute Gasteiger partial charge is 0.0845 e. The van der Waals surface area contributed by atoms with Crippen molar-refractivity contribution in [2.45, 2.75) is 17.4 Å². The molecule has 0 bridgehead atoms. The number of aromatic nitrogens is 3. The Labute approximate surface area is 105 Å². The molecular formula is C12H16N4S. The van der Waals surface area contributed by atoms with Crippen LogP contribution in [-0.2, 0) is 13.5 Å². The van der Waals surface area contributed by atoms with E-state index < -0.39 is 0 Å². The average Bonchev–Trinajstić information content (AvgIpc) is 2.74. The normalized spacial score (nSPS) is 12.6. The van der Waals surface area contributed by atoms with E-state index in [1.165, 1.54) is 10.5 Å². The van der Waals surface area contributed by atoms with Crippen molar-refractivity contribution in [1.82, 2.24) is 15.0 Å². The summed E-state index contributed by atoms with van der Waals surface area (Å²) in [6, 6.07) is 8.19. The van der Waals surface area contributed by atoms with Crippen LogP contribution >= 0.6 is 11.8 Å². The highest BCUT2D eigenvalue weighted by molar-refractivity contribution is 7.98. The van der Waals surface area contributed by atoms with Crippen molar-refractivity contribution < 1.29 is 0 Å². The van der Waals surface area contributed by atoms with Crippen LogP contribution in [0.5, 0.6) is 0 Å². The molecule has 2 rings (SSSR count). The monoisotopic (exact) mass is 248 g/mol. The lowest BCUT2D eigenvalue weighted by atomic mass is 10.0. The highest BCUT2D eigenvalue weighted by Crippen LogP contribution is 2.25. The molecule has 0 amide bonds. The van der Waals surface area contributed by atoms with Gasteiger partial charge in [-0.2, -0.15) is 0 Å². The number of rotatable bonds is 4. The van der Waals surface area contributed by atoms with Crippen molar-refractivity contribution in [1.29, 1.82) is 0 Å². The Hall–Kier alpha value is -1.33. The fraction of sp³-hybridized carbons (Fsp3) is 0.333. The number of hydrogen-bond acceptors (Lipinski definition) is 4. The maximum Gasteiger partial charge on any atom is 0.0845 e. The summed E-state index contributed by atoms with van der Waals surface area (Å²) in [6.07, 6.45) is 4.68. The van der Waals surface area contributed by atoms with E-state index in [-0.39, 0.29) is 6.04 Å². The van der Waals surface area contributed by atoms with Crippen molar-refractivity contribution in [2.75, 3.05) is 6.26 Å². The standard InChI is InChI=1S/C12H16N4S/c1-16-8-9(14-15-16)7-11(13)10-5-3-4-6-12(10)17-2/h3-6,8,11H,7,13H2,1-2H3. The van der Waals surface area contributed by atoms with Gasteiger partial charge in [0.15, 0.2) is 0 Å². The van der Waals surface area contributed by atoms with E-state index >= 15 is 0 Å². The molecule has 4 nitrogen and oxygen atoms in total. The summed E-state index contributed by atoms with van der Waals surface area (Å²) in [7, 11) is 1.86. The lowest BCUT2D eigenvalue weighted by molar-refractivity contribution is 0.685. The lowest BCUT2D eigenvalue weighted by Crippen LogP contribution is -2.14. The molecule has 1 heterocycles. The van der Waals surface area contributed by atoms with Crippen molar-refractivity contribution in [2.24, 2.45) is 12.8 Å². The van der Waals surface area contributed by atoms with E-state index in [2.05, 4.69) is 28.7 Å². The first-order valence-corrected chi connectivity index (χ1v) is 6.67. The molecule has 1 atom stereocenters. The molecule has 1 unspecified atom stereocenters. The lowest BCUT2D eigenvalue weighted by Gasteiger charge is -2.13. The van der Waals surface area contributed by atoms with E-state index in [4.69, 9.17) is 5.73 Å². The van der Waals surface area contributed by atoms with Crippen LogP contribution in [0.4, 0.5) is 0 Å². The van der Waals surface area contributed by atoms with E-state index in [1.807, 2.05) is 25.4 Å². The second-order valence-corrected chi connectivity index (χ2v) is 4.78. The Balaban J connectivity index is 2.16. The number of thioether (sulfide) groups is 1. The van der Waals surface area contributed by atoms with Gasteiger partial charge in [0.05, 0.1) is 5.69 Å². The molecular weight excluding hydrogens is 232 g/mol. The fourth-order valence-electron chi connectivity index (χ4n) is 1.80. The number of benzene rings is 1. The second-order valence-electron chi connectivity index (χ2n) is 3.94. The van der Waals surface area contributed by atoms with Gasteiger partial charge >= 0.3 is 0 Å². The van der Waals surface area contributed by atoms with Crippen LogP contribution in [0.1, 0.15) is 17.3 Å². The summed E-state index contributed by atoms with van der Waals surface area (Å²) >= 11 is 1.72. The third-order valence-corrected chi connectivity index (χ3v) is 3.43. The fourth-order valence-corrected chi connectivity index (χ4v) is 2.47. The van der Waals surface area contributed by atoms with E-state index in [1.54, 1.807) is 16.4 Å². The Bertz CT molecular complexity index is 495. The molecule has 0 fully saturated rings. The first-order chi connectivity index (χ1) is 8.20. The van der Waals surface area contributed by atoms with Crippen LogP contribution in [0.3, 0.4) is 0 Å². The first kappa shape index (κ1) is 12.1. The topological polar surface area (TPSA) is 56.7 Å². The van der Waals surface area contributed by atoms with E-state index in [0.717, 1.165) is 5.69 Å². The predicted molar refractivity (Wildman–Crippen MR) is 69.9 cm³/mol. The number of nitrogens with zero attached hydrogens (tertiary/aromatic N) is 3. The zero-order valence-electron chi connectivity index (χ0n) is 10.00. The Morgan fingerprint density at radius 2 is 2.18 bits per heavy atom. The molecule has 1 aromatic carbocycles. The third kappa shape index (κ3) is 2.87. The molecule has 0 radical (unpaired) electrons. The van der Waals surface area contributed by atoms with Gasteiger partial charge in [0.1, 0.15) is 0 Å². The summed E-state index contributed by atoms with van der Waals surface area (Å²) in [6.45, 7) is 0. The molecule has 17 heavy (non-hydrogen) atoms. The molecule has 2 N–H and O–H groups in total. The van der Waals surface area contributed by atoms with Crippen LogP contribution in [0.25, 0.3) is 0 Å². The molecule has 0 aliphatic rings.